The minimum atomic E-state index is -0.805. The van der Waals surface area contributed by atoms with Crippen LogP contribution in [0.15, 0.2) is 10.9 Å². The number of rotatable bonds is 4. The molecule has 0 bridgehead atoms. The van der Waals surface area contributed by atoms with Gasteiger partial charge in [0.2, 0.25) is 5.95 Å². The SMILES string of the molecule is COCc1cc(=O)[nH]c(N2CCC[C@H](C(=O)O)C2)n1. The molecule has 19 heavy (non-hydrogen) atoms. The van der Waals surface area contributed by atoms with Crippen LogP contribution in [0.25, 0.3) is 0 Å². The largest absolute Gasteiger partial charge is 0.481 e. The normalized spacial score (nSPS) is 19.4. The van der Waals surface area contributed by atoms with Crippen molar-refractivity contribution in [2.75, 3.05) is 25.1 Å². The number of aliphatic carboxylic acids is 1. The fourth-order valence-corrected chi connectivity index (χ4v) is 2.24. The molecule has 0 amide bonds. The van der Waals surface area contributed by atoms with Gasteiger partial charge >= 0.3 is 5.97 Å². The van der Waals surface area contributed by atoms with Crippen LogP contribution in [-0.4, -0.2) is 41.2 Å². The first-order chi connectivity index (χ1) is 9.10. The van der Waals surface area contributed by atoms with E-state index in [1.54, 1.807) is 0 Å². The summed E-state index contributed by atoms with van der Waals surface area (Å²) in [4.78, 5) is 31.3. The van der Waals surface area contributed by atoms with Gasteiger partial charge in [0.1, 0.15) is 0 Å². The Morgan fingerprint density at radius 3 is 3.16 bits per heavy atom. The third-order valence-corrected chi connectivity index (χ3v) is 3.14. The van der Waals surface area contributed by atoms with Gasteiger partial charge in [-0.05, 0) is 12.8 Å². The molecule has 104 valence electrons. The molecule has 0 spiro atoms. The van der Waals surface area contributed by atoms with E-state index in [4.69, 9.17) is 9.84 Å². The Kier molecular flexibility index (Phi) is 4.16. The number of carboxylic acids is 1. The first-order valence-corrected chi connectivity index (χ1v) is 6.17. The van der Waals surface area contributed by atoms with Crippen molar-refractivity contribution >= 4 is 11.9 Å². The summed E-state index contributed by atoms with van der Waals surface area (Å²) >= 11 is 0. The Labute approximate surface area is 110 Å². The number of carboxylic acid groups (broad SMARTS) is 1. The zero-order chi connectivity index (χ0) is 13.8. The highest BCUT2D eigenvalue weighted by atomic mass is 16.5. The number of hydrogen-bond donors (Lipinski definition) is 2. The molecule has 0 aromatic carbocycles. The van der Waals surface area contributed by atoms with Gasteiger partial charge in [-0.15, -0.1) is 0 Å². The van der Waals surface area contributed by atoms with E-state index in [0.29, 0.717) is 31.2 Å². The smallest absolute Gasteiger partial charge is 0.308 e. The maximum absolute atomic E-state index is 11.5. The van der Waals surface area contributed by atoms with E-state index in [0.717, 1.165) is 6.42 Å². The lowest BCUT2D eigenvalue weighted by Crippen LogP contribution is -2.40. The second-order valence-corrected chi connectivity index (χ2v) is 4.62. The van der Waals surface area contributed by atoms with Crippen LogP contribution >= 0.6 is 0 Å². The van der Waals surface area contributed by atoms with Gasteiger partial charge in [0.05, 0.1) is 18.2 Å². The molecule has 0 unspecified atom stereocenters. The molecule has 0 saturated carbocycles. The maximum Gasteiger partial charge on any atom is 0.308 e. The lowest BCUT2D eigenvalue weighted by atomic mass is 9.99. The molecule has 2 heterocycles. The second kappa shape index (κ2) is 5.83. The summed E-state index contributed by atoms with van der Waals surface area (Å²) in [6, 6.07) is 1.38. The molecule has 1 aromatic rings. The van der Waals surface area contributed by atoms with Crippen molar-refractivity contribution in [1.82, 2.24) is 9.97 Å². The summed E-state index contributed by atoms with van der Waals surface area (Å²) < 4.78 is 4.96. The number of anilines is 1. The average Bonchev–Trinajstić information content (AvgIpc) is 2.38. The first kappa shape index (κ1) is 13.5. The van der Waals surface area contributed by atoms with E-state index in [1.165, 1.54) is 13.2 Å². The highest BCUT2D eigenvalue weighted by molar-refractivity contribution is 5.71. The maximum atomic E-state index is 11.5. The Bertz CT molecular complexity index is 514. The van der Waals surface area contributed by atoms with Crippen LogP contribution in [0.5, 0.6) is 0 Å². The van der Waals surface area contributed by atoms with Crippen LogP contribution in [0.1, 0.15) is 18.5 Å². The molecule has 1 aromatic heterocycles. The van der Waals surface area contributed by atoms with E-state index in [2.05, 4.69) is 9.97 Å². The molecule has 7 heteroatoms. The van der Waals surface area contributed by atoms with Gasteiger partial charge in [-0.3, -0.25) is 14.6 Å². The molecule has 2 rings (SSSR count). The van der Waals surface area contributed by atoms with Gasteiger partial charge < -0.3 is 14.7 Å². The molecular weight excluding hydrogens is 250 g/mol. The monoisotopic (exact) mass is 267 g/mol. The molecule has 1 saturated heterocycles. The minimum Gasteiger partial charge on any atom is -0.481 e. The fourth-order valence-electron chi connectivity index (χ4n) is 2.24. The zero-order valence-electron chi connectivity index (χ0n) is 10.8. The summed E-state index contributed by atoms with van der Waals surface area (Å²) in [6.07, 6.45) is 1.43. The third-order valence-electron chi connectivity index (χ3n) is 3.14. The number of carbonyl (C=O) groups is 1. The van der Waals surface area contributed by atoms with Gasteiger partial charge in [-0.25, -0.2) is 4.98 Å². The van der Waals surface area contributed by atoms with Crippen molar-refractivity contribution in [3.05, 3.63) is 22.1 Å². The molecule has 1 fully saturated rings. The Balaban J connectivity index is 2.20. The molecule has 2 N–H and O–H groups in total. The fraction of sp³-hybridized carbons (Fsp3) is 0.583. The molecule has 7 nitrogen and oxygen atoms in total. The van der Waals surface area contributed by atoms with Crippen LogP contribution in [0, 0.1) is 5.92 Å². The van der Waals surface area contributed by atoms with Crippen LogP contribution in [0.2, 0.25) is 0 Å². The summed E-state index contributed by atoms with van der Waals surface area (Å²) in [7, 11) is 1.53. The van der Waals surface area contributed by atoms with Crippen molar-refractivity contribution in [1.29, 1.82) is 0 Å². The van der Waals surface area contributed by atoms with Crippen molar-refractivity contribution in [2.45, 2.75) is 19.4 Å². The highest BCUT2D eigenvalue weighted by Gasteiger charge is 2.26. The molecular formula is C12H17N3O4. The van der Waals surface area contributed by atoms with Crippen LogP contribution in [0.4, 0.5) is 5.95 Å². The van der Waals surface area contributed by atoms with Crippen LogP contribution < -0.4 is 10.5 Å². The van der Waals surface area contributed by atoms with E-state index in [1.807, 2.05) is 4.90 Å². The number of piperidine rings is 1. The van der Waals surface area contributed by atoms with Gasteiger partial charge in [-0.2, -0.15) is 0 Å². The van der Waals surface area contributed by atoms with Gasteiger partial charge in [0, 0.05) is 26.3 Å². The van der Waals surface area contributed by atoms with Crippen molar-refractivity contribution in [3.8, 4) is 0 Å². The van der Waals surface area contributed by atoms with Crippen LogP contribution in [-0.2, 0) is 16.1 Å². The van der Waals surface area contributed by atoms with Crippen molar-refractivity contribution < 1.29 is 14.6 Å². The summed E-state index contributed by atoms with van der Waals surface area (Å²) in [6.45, 7) is 1.32. The molecule has 1 atom stereocenters. The Morgan fingerprint density at radius 2 is 2.47 bits per heavy atom. The molecule has 0 radical (unpaired) electrons. The van der Waals surface area contributed by atoms with E-state index >= 15 is 0 Å². The molecule has 1 aliphatic heterocycles. The van der Waals surface area contributed by atoms with Gasteiger partial charge in [0.15, 0.2) is 0 Å². The first-order valence-electron chi connectivity index (χ1n) is 6.17. The standard InChI is InChI=1S/C12H17N3O4/c1-19-7-9-5-10(16)14-12(13-9)15-4-2-3-8(6-15)11(17)18/h5,8H,2-4,6-7H2,1H3,(H,17,18)(H,13,14,16)/t8-/m0/s1. The van der Waals surface area contributed by atoms with Gasteiger partial charge in [-0.1, -0.05) is 0 Å². The Morgan fingerprint density at radius 1 is 1.68 bits per heavy atom. The number of nitrogens with zero attached hydrogens (tertiary/aromatic N) is 2. The number of methoxy groups -OCH3 is 1. The molecule has 1 aliphatic rings. The predicted molar refractivity (Wildman–Crippen MR) is 68.1 cm³/mol. The topological polar surface area (TPSA) is 95.5 Å². The van der Waals surface area contributed by atoms with Gasteiger partial charge in [0.25, 0.3) is 5.56 Å². The van der Waals surface area contributed by atoms with Crippen molar-refractivity contribution in [2.24, 2.45) is 5.92 Å². The van der Waals surface area contributed by atoms with Crippen molar-refractivity contribution in [3.63, 3.8) is 0 Å². The number of H-pyrrole nitrogens is 1. The van der Waals surface area contributed by atoms with E-state index in [9.17, 15) is 9.59 Å². The van der Waals surface area contributed by atoms with E-state index < -0.39 is 11.9 Å². The summed E-state index contributed by atoms with van der Waals surface area (Å²) in [5, 5.41) is 9.06. The lowest BCUT2D eigenvalue weighted by Gasteiger charge is -2.31. The van der Waals surface area contributed by atoms with E-state index in [-0.39, 0.29) is 12.2 Å². The third kappa shape index (κ3) is 3.31. The summed E-state index contributed by atoms with van der Waals surface area (Å²) in [5.74, 6) is -0.796. The number of aromatic nitrogens is 2. The number of aromatic amines is 1. The number of hydrogen-bond acceptors (Lipinski definition) is 5. The number of ether oxygens (including phenoxy) is 1. The lowest BCUT2D eigenvalue weighted by molar-refractivity contribution is -0.141. The average molecular weight is 267 g/mol. The van der Waals surface area contributed by atoms with Crippen LogP contribution in [0.3, 0.4) is 0 Å². The molecule has 0 aliphatic carbocycles. The number of nitrogens with one attached hydrogen (secondary N) is 1. The second-order valence-electron chi connectivity index (χ2n) is 4.62. The minimum absolute atomic E-state index is 0.255. The zero-order valence-corrected chi connectivity index (χ0v) is 10.8. The quantitative estimate of drug-likeness (QED) is 0.810. The predicted octanol–water partition coefficient (Wildman–Crippen LogP) is 0.217. The highest BCUT2D eigenvalue weighted by Crippen LogP contribution is 2.20. The summed E-state index contributed by atoms with van der Waals surface area (Å²) in [5.41, 5.74) is 0.285. The Hall–Kier alpha value is -1.89.